The zero-order valence-corrected chi connectivity index (χ0v) is 15.7. The molecule has 0 saturated carbocycles. The van der Waals surface area contributed by atoms with Crippen LogP contribution in [0.2, 0.25) is 0 Å². The van der Waals surface area contributed by atoms with E-state index < -0.39 is 0 Å². The van der Waals surface area contributed by atoms with Crippen LogP contribution in [0.1, 0.15) is 28.5 Å². The number of aromatic nitrogens is 2. The molecular formula is C16H16ClIN2S. The van der Waals surface area contributed by atoms with Crippen molar-refractivity contribution >= 4 is 56.6 Å². The van der Waals surface area contributed by atoms with Crippen molar-refractivity contribution < 1.29 is 0 Å². The van der Waals surface area contributed by atoms with Crippen LogP contribution in [0.4, 0.5) is 0 Å². The van der Waals surface area contributed by atoms with E-state index in [0.29, 0.717) is 5.88 Å². The molecule has 5 heteroatoms. The Bertz CT molecular complexity index is 778. The minimum Gasteiger partial charge on any atom is -0.320 e. The summed E-state index contributed by atoms with van der Waals surface area (Å²) >= 11 is 10.1. The van der Waals surface area contributed by atoms with Gasteiger partial charge in [-0.15, -0.1) is 22.9 Å². The first-order valence-corrected chi connectivity index (χ1v) is 9.32. The van der Waals surface area contributed by atoms with E-state index >= 15 is 0 Å². The molecule has 1 aromatic carbocycles. The summed E-state index contributed by atoms with van der Waals surface area (Å²) in [5.74, 6) is 1.66. The van der Waals surface area contributed by atoms with Crippen molar-refractivity contribution in [3.8, 4) is 0 Å². The molecule has 0 saturated heterocycles. The first-order valence-electron chi connectivity index (χ1n) is 6.89. The van der Waals surface area contributed by atoms with E-state index in [2.05, 4.69) is 71.3 Å². The van der Waals surface area contributed by atoms with E-state index in [0.717, 1.165) is 17.8 Å². The molecule has 2 nitrogen and oxygen atoms in total. The lowest BCUT2D eigenvalue weighted by Crippen LogP contribution is -2.10. The molecule has 0 N–H and O–H groups in total. The molecule has 0 aliphatic carbocycles. The van der Waals surface area contributed by atoms with E-state index in [1.54, 1.807) is 0 Å². The predicted octanol–water partition coefficient (Wildman–Crippen LogP) is 5.40. The molecule has 1 unspecified atom stereocenters. The highest BCUT2D eigenvalue weighted by Gasteiger charge is 2.18. The Balaban J connectivity index is 2.16. The van der Waals surface area contributed by atoms with Crippen molar-refractivity contribution in [2.24, 2.45) is 0 Å². The van der Waals surface area contributed by atoms with Gasteiger partial charge in [0, 0.05) is 25.6 Å². The number of halogens is 2. The molecule has 21 heavy (non-hydrogen) atoms. The average Bonchev–Trinajstić information content (AvgIpc) is 3.01. The number of benzene rings is 1. The fourth-order valence-corrected chi connectivity index (χ4v) is 4.18. The van der Waals surface area contributed by atoms with Crippen molar-refractivity contribution in [3.63, 3.8) is 0 Å². The number of nitrogens with zero attached hydrogens (tertiary/aromatic N) is 2. The van der Waals surface area contributed by atoms with Gasteiger partial charge in [0.25, 0.3) is 0 Å². The highest BCUT2D eigenvalue weighted by Crippen LogP contribution is 2.31. The normalized spacial score (nSPS) is 13.0. The molecular weight excluding hydrogens is 415 g/mol. The Morgan fingerprint density at radius 1 is 1.33 bits per heavy atom. The molecule has 0 aliphatic rings. The van der Waals surface area contributed by atoms with Gasteiger partial charge in [0.1, 0.15) is 5.82 Å². The summed E-state index contributed by atoms with van der Waals surface area (Å²) in [5.41, 5.74) is 2.25. The second kappa shape index (κ2) is 6.26. The van der Waals surface area contributed by atoms with Gasteiger partial charge in [0.15, 0.2) is 0 Å². The number of thiophene rings is 1. The lowest BCUT2D eigenvalue weighted by molar-refractivity contribution is 0.633. The van der Waals surface area contributed by atoms with Gasteiger partial charge in [0.2, 0.25) is 0 Å². The molecule has 0 bridgehead atoms. The van der Waals surface area contributed by atoms with Gasteiger partial charge in [-0.25, -0.2) is 4.98 Å². The van der Waals surface area contributed by atoms with Crippen molar-refractivity contribution in [2.75, 3.05) is 5.88 Å². The maximum absolute atomic E-state index is 5.97. The number of rotatable bonds is 4. The van der Waals surface area contributed by atoms with Gasteiger partial charge in [-0.05, 0) is 66.8 Å². The highest BCUT2D eigenvalue weighted by atomic mass is 127. The lowest BCUT2D eigenvalue weighted by atomic mass is 10.2. The van der Waals surface area contributed by atoms with E-state index in [4.69, 9.17) is 16.6 Å². The summed E-state index contributed by atoms with van der Waals surface area (Å²) in [7, 11) is 0. The first-order chi connectivity index (χ1) is 10.1. The van der Waals surface area contributed by atoms with E-state index in [9.17, 15) is 0 Å². The standard InChI is InChI=1S/C16H16ClIN2S/c1-10-3-6-15(21-10)11(2)20-14-5-4-12(18)9-13(14)19-16(20)7-8-17/h3-6,9,11H,7-8H2,1-2H3. The summed E-state index contributed by atoms with van der Waals surface area (Å²) in [5, 5.41) is 0. The average molecular weight is 431 g/mol. The molecule has 0 fully saturated rings. The summed E-state index contributed by atoms with van der Waals surface area (Å²) in [6, 6.07) is 11.1. The zero-order chi connectivity index (χ0) is 15.0. The summed E-state index contributed by atoms with van der Waals surface area (Å²) in [6.07, 6.45) is 0.793. The van der Waals surface area contributed by atoms with Gasteiger partial charge in [-0.2, -0.15) is 0 Å². The van der Waals surface area contributed by atoms with Crippen molar-refractivity contribution in [1.82, 2.24) is 9.55 Å². The topological polar surface area (TPSA) is 17.8 Å². The number of hydrogen-bond donors (Lipinski definition) is 0. The Kier molecular flexibility index (Phi) is 4.57. The number of aryl methyl sites for hydroxylation is 2. The van der Waals surface area contributed by atoms with Gasteiger partial charge < -0.3 is 4.57 Å². The Morgan fingerprint density at radius 3 is 2.81 bits per heavy atom. The van der Waals surface area contributed by atoms with Crippen LogP contribution in [0.25, 0.3) is 11.0 Å². The van der Waals surface area contributed by atoms with E-state index in [-0.39, 0.29) is 6.04 Å². The zero-order valence-electron chi connectivity index (χ0n) is 11.9. The Morgan fingerprint density at radius 2 is 2.14 bits per heavy atom. The van der Waals surface area contributed by atoms with Crippen LogP contribution in [-0.2, 0) is 6.42 Å². The number of hydrogen-bond acceptors (Lipinski definition) is 2. The van der Waals surface area contributed by atoms with E-state index in [1.165, 1.54) is 18.8 Å². The van der Waals surface area contributed by atoms with Gasteiger partial charge in [0.05, 0.1) is 17.1 Å². The van der Waals surface area contributed by atoms with Crippen LogP contribution in [0.3, 0.4) is 0 Å². The van der Waals surface area contributed by atoms with Gasteiger partial charge in [-0.3, -0.25) is 0 Å². The maximum Gasteiger partial charge on any atom is 0.111 e. The minimum absolute atomic E-state index is 0.284. The lowest BCUT2D eigenvalue weighted by Gasteiger charge is -2.16. The van der Waals surface area contributed by atoms with Crippen LogP contribution in [0.15, 0.2) is 30.3 Å². The van der Waals surface area contributed by atoms with Crippen LogP contribution in [0.5, 0.6) is 0 Å². The van der Waals surface area contributed by atoms with Crippen LogP contribution >= 0.6 is 45.5 Å². The van der Waals surface area contributed by atoms with Gasteiger partial charge >= 0.3 is 0 Å². The van der Waals surface area contributed by atoms with Crippen LogP contribution in [0, 0.1) is 10.5 Å². The summed E-state index contributed by atoms with van der Waals surface area (Å²) < 4.78 is 3.54. The van der Waals surface area contributed by atoms with Crippen molar-refractivity contribution in [2.45, 2.75) is 26.3 Å². The molecule has 2 aromatic heterocycles. The SMILES string of the molecule is Cc1ccc(C(C)n2c(CCCl)nc3cc(I)ccc32)s1. The van der Waals surface area contributed by atoms with E-state index in [1.807, 2.05) is 11.3 Å². The highest BCUT2D eigenvalue weighted by molar-refractivity contribution is 14.1. The number of alkyl halides is 1. The predicted molar refractivity (Wildman–Crippen MR) is 99.7 cm³/mol. The fourth-order valence-electron chi connectivity index (χ4n) is 2.62. The molecule has 3 aromatic rings. The van der Waals surface area contributed by atoms with Crippen LogP contribution < -0.4 is 0 Å². The molecule has 0 amide bonds. The first kappa shape index (κ1) is 15.3. The molecule has 0 radical (unpaired) electrons. The third kappa shape index (κ3) is 2.98. The number of fused-ring (bicyclic) bond motifs is 1. The molecule has 3 rings (SSSR count). The molecule has 2 heterocycles. The van der Waals surface area contributed by atoms with Gasteiger partial charge in [-0.1, -0.05) is 0 Å². The summed E-state index contributed by atoms with van der Waals surface area (Å²) in [4.78, 5) is 7.50. The van der Waals surface area contributed by atoms with Crippen LogP contribution in [-0.4, -0.2) is 15.4 Å². The second-order valence-electron chi connectivity index (χ2n) is 5.09. The quantitative estimate of drug-likeness (QED) is 0.400. The van der Waals surface area contributed by atoms with Crippen molar-refractivity contribution in [3.05, 3.63) is 49.5 Å². The maximum atomic E-state index is 5.97. The Hall–Kier alpha value is -0.590. The Labute approximate surface area is 147 Å². The second-order valence-corrected chi connectivity index (χ2v) is 8.04. The smallest absolute Gasteiger partial charge is 0.111 e. The third-order valence-corrected chi connectivity index (χ3v) is 5.63. The largest absolute Gasteiger partial charge is 0.320 e. The minimum atomic E-state index is 0.284. The molecule has 0 aliphatic heterocycles. The molecule has 110 valence electrons. The number of imidazole rings is 1. The third-order valence-electron chi connectivity index (χ3n) is 3.60. The molecule has 1 atom stereocenters. The van der Waals surface area contributed by atoms with Crippen molar-refractivity contribution in [1.29, 1.82) is 0 Å². The molecule has 0 spiro atoms. The fraction of sp³-hybridized carbons (Fsp3) is 0.312. The summed E-state index contributed by atoms with van der Waals surface area (Å²) in [6.45, 7) is 4.39. The monoisotopic (exact) mass is 430 g/mol.